The van der Waals surface area contributed by atoms with Crippen LogP contribution in [-0.4, -0.2) is 40.1 Å². The van der Waals surface area contributed by atoms with Crippen LogP contribution in [0, 0.1) is 19.8 Å². The third-order valence-electron chi connectivity index (χ3n) is 6.75. The number of carbonyl (C=O) groups excluding carboxylic acids is 1. The van der Waals surface area contributed by atoms with E-state index >= 15 is 0 Å². The van der Waals surface area contributed by atoms with Crippen LogP contribution in [0.4, 0.5) is 5.69 Å². The Balaban J connectivity index is 1.68. The molecule has 0 unspecified atom stereocenters. The van der Waals surface area contributed by atoms with Crippen LogP contribution in [0.15, 0.2) is 35.2 Å². The summed E-state index contributed by atoms with van der Waals surface area (Å²) in [6, 6.07) is 8.53. The molecule has 2 aliphatic heterocycles. The molecule has 0 amide bonds. The summed E-state index contributed by atoms with van der Waals surface area (Å²) in [6.45, 7) is 9.33. The van der Waals surface area contributed by atoms with Gasteiger partial charge in [0.05, 0.1) is 22.8 Å². The van der Waals surface area contributed by atoms with E-state index in [1.807, 2.05) is 26.8 Å². The van der Waals surface area contributed by atoms with Crippen molar-refractivity contribution in [2.45, 2.75) is 64.3 Å². The molecule has 2 aromatic rings. The monoisotopic (exact) mass is 471 g/mol. The molecule has 0 radical (unpaired) electrons. The van der Waals surface area contributed by atoms with E-state index in [1.54, 1.807) is 12.1 Å². The highest BCUT2D eigenvalue weighted by molar-refractivity contribution is 7.92. The number of carbonyl (C=O) groups is 1. The van der Waals surface area contributed by atoms with Crippen molar-refractivity contribution >= 4 is 21.5 Å². The highest BCUT2D eigenvalue weighted by Crippen LogP contribution is 2.38. The van der Waals surface area contributed by atoms with Crippen molar-refractivity contribution in [1.82, 2.24) is 0 Å². The Morgan fingerprint density at radius 3 is 2.55 bits per heavy atom. The van der Waals surface area contributed by atoms with Gasteiger partial charge in [-0.3, -0.25) is 9.10 Å². The van der Waals surface area contributed by atoms with E-state index in [-0.39, 0.29) is 16.7 Å². The van der Waals surface area contributed by atoms with Gasteiger partial charge >= 0.3 is 0 Å². The maximum atomic E-state index is 13.8. The second-order valence-corrected chi connectivity index (χ2v) is 11.2. The predicted octanol–water partition coefficient (Wildman–Crippen LogP) is 4.84. The predicted molar refractivity (Wildman–Crippen MR) is 129 cm³/mol. The van der Waals surface area contributed by atoms with Crippen LogP contribution in [0.3, 0.4) is 0 Å². The molecule has 0 aromatic heterocycles. The van der Waals surface area contributed by atoms with E-state index in [2.05, 4.69) is 6.07 Å². The molecular formula is C26H33NO5S. The smallest absolute Gasteiger partial charge is 0.264 e. The molecule has 2 aromatic carbocycles. The Morgan fingerprint density at radius 1 is 1.12 bits per heavy atom. The highest BCUT2D eigenvalue weighted by Gasteiger charge is 2.35. The van der Waals surface area contributed by atoms with Gasteiger partial charge in [0.25, 0.3) is 10.0 Å². The zero-order chi connectivity index (χ0) is 23.8. The van der Waals surface area contributed by atoms with Crippen LogP contribution in [0.2, 0.25) is 0 Å². The van der Waals surface area contributed by atoms with Crippen molar-refractivity contribution in [3.05, 3.63) is 52.6 Å². The molecule has 0 bridgehead atoms. The largest absolute Gasteiger partial charge is 0.493 e. The molecule has 2 aliphatic rings. The molecule has 6 nitrogen and oxygen atoms in total. The molecule has 1 saturated heterocycles. The number of ketones is 1. The van der Waals surface area contributed by atoms with Gasteiger partial charge in [-0.15, -0.1) is 0 Å². The van der Waals surface area contributed by atoms with Gasteiger partial charge in [-0.25, -0.2) is 8.42 Å². The SMILES string of the molecule is CC(=O)c1cc(S(=O)(=O)N2c3cc(C)cc(C)c3CC[C@@H]2C)ccc1OCC1CCOCC1. The maximum absolute atomic E-state index is 13.8. The van der Waals surface area contributed by atoms with Crippen LogP contribution in [0.1, 0.15) is 60.2 Å². The zero-order valence-corrected chi connectivity index (χ0v) is 20.7. The van der Waals surface area contributed by atoms with Crippen molar-refractivity contribution in [3.8, 4) is 5.75 Å². The average Bonchev–Trinajstić information content (AvgIpc) is 2.77. The van der Waals surface area contributed by atoms with Crippen molar-refractivity contribution in [2.75, 3.05) is 24.1 Å². The summed E-state index contributed by atoms with van der Waals surface area (Å²) in [7, 11) is -3.86. The quantitative estimate of drug-likeness (QED) is 0.564. The molecule has 178 valence electrons. The third kappa shape index (κ3) is 4.80. The number of Topliss-reactive ketones (excluding diaryl/α,β-unsaturated/α-hetero) is 1. The average molecular weight is 472 g/mol. The minimum absolute atomic E-state index is 0.116. The molecule has 1 fully saturated rings. The van der Waals surface area contributed by atoms with Crippen LogP contribution in [-0.2, 0) is 21.2 Å². The number of fused-ring (bicyclic) bond motifs is 1. The Bertz CT molecular complexity index is 1150. The van der Waals surface area contributed by atoms with Gasteiger partial charge in [0.2, 0.25) is 0 Å². The number of benzene rings is 2. The minimum atomic E-state index is -3.86. The lowest BCUT2D eigenvalue weighted by molar-refractivity contribution is 0.0495. The summed E-state index contributed by atoms with van der Waals surface area (Å²) in [5.41, 5.74) is 4.26. The second-order valence-electron chi connectivity index (χ2n) is 9.35. The Morgan fingerprint density at radius 2 is 1.85 bits per heavy atom. The molecule has 0 N–H and O–H groups in total. The number of sulfonamides is 1. The van der Waals surface area contributed by atoms with E-state index in [0.717, 1.165) is 61.3 Å². The standard InChI is InChI=1S/C26H33NO5S/c1-17-13-18(2)23-7-5-19(3)27(25(23)14-17)33(29,30)22-6-8-26(24(15-22)20(4)28)32-16-21-9-11-31-12-10-21/h6,8,13-15,19,21H,5,7,9-12,16H2,1-4H3/t19-/m0/s1. The first-order valence-electron chi connectivity index (χ1n) is 11.7. The molecule has 33 heavy (non-hydrogen) atoms. The van der Waals surface area contributed by atoms with Crippen LogP contribution in [0.5, 0.6) is 5.75 Å². The van der Waals surface area contributed by atoms with Gasteiger partial charge in [-0.1, -0.05) is 6.07 Å². The zero-order valence-electron chi connectivity index (χ0n) is 19.9. The van der Waals surface area contributed by atoms with E-state index < -0.39 is 10.0 Å². The second kappa shape index (κ2) is 9.47. The first kappa shape index (κ1) is 23.8. The summed E-state index contributed by atoms with van der Waals surface area (Å²) in [4.78, 5) is 12.5. The minimum Gasteiger partial charge on any atom is -0.493 e. The van der Waals surface area contributed by atoms with Crippen LogP contribution < -0.4 is 9.04 Å². The van der Waals surface area contributed by atoms with Crippen LogP contribution in [0.25, 0.3) is 0 Å². The number of ether oxygens (including phenoxy) is 2. The van der Waals surface area contributed by atoms with Crippen LogP contribution >= 0.6 is 0 Å². The van der Waals surface area contributed by atoms with Gasteiger partial charge in [-0.05, 0) is 100 Å². The molecule has 7 heteroatoms. The normalized spacial score (nSPS) is 19.3. The Hall–Kier alpha value is -2.38. The number of rotatable bonds is 6. The van der Waals surface area contributed by atoms with E-state index in [4.69, 9.17) is 9.47 Å². The van der Waals surface area contributed by atoms with Crippen molar-refractivity contribution in [2.24, 2.45) is 5.92 Å². The topological polar surface area (TPSA) is 72.9 Å². The van der Waals surface area contributed by atoms with Gasteiger partial charge in [-0.2, -0.15) is 0 Å². The fourth-order valence-corrected chi connectivity index (χ4v) is 6.61. The number of nitrogens with zero attached hydrogens (tertiary/aromatic N) is 1. The van der Waals surface area contributed by atoms with E-state index in [1.165, 1.54) is 17.3 Å². The lowest BCUT2D eigenvalue weighted by Gasteiger charge is -2.37. The van der Waals surface area contributed by atoms with Gasteiger partial charge in [0.1, 0.15) is 5.75 Å². The number of hydrogen-bond acceptors (Lipinski definition) is 5. The molecule has 0 saturated carbocycles. The Kier molecular flexibility index (Phi) is 6.82. The number of aryl methyl sites for hydroxylation is 2. The third-order valence-corrected chi connectivity index (χ3v) is 8.67. The highest BCUT2D eigenvalue weighted by atomic mass is 32.2. The summed E-state index contributed by atoms with van der Waals surface area (Å²) >= 11 is 0. The first-order chi connectivity index (χ1) is 15.7. The number of anilines is 1. The molecule has 4 rings (SSSR count). The molecule has 2 heterocycles. The Labute approximate surface area is 196 Å². The number of hydrogen-bond donors (Lipinski definition) is 0. The summed E-state index contributed by atoms with van der Waals surface area (Å²) in [6.07, 6.45) is 3.45. The summed E-state index contributed by atoms with van der Waals surface area (Å²) in [5, 5.41) is 0. The summed E-state index contributed by atoms with van der Waals surface area (Å²) < 4.78 is 40.6. The van der Waals surface area contributed by atoms with Crippen molar-refractivity contribution < 1.29 is 22.7 Å². The fraction of sp³-hybridized carbons (Fsp3) is 0.500. The molecular weight excluding hydrogens is 438 g/mol. The summed E-state index contributed by atoms with van der Waals surface area (Å²) in [5.74, 6) is 0.596. The molecule has 0 spiro atoms. The fourth-order valence-electron chi connectivity index (χ4n) is 4.88. The maximum Gasteiger partial charge on any atom is 0.264 e. The molecule has 1 atom stereocenters. The van der Waals surface area contributed by atoms with Gasteiger partial charge in [0, 0.05) is 19.3 Å². The van der Waals surface area contributed by atoms with Crippen molar-refractivity contribution in [3.63, 3.8) is 0 Å². The van der Waals surface area contributed by atoms with E-state index in [0.29, 0.717) is 23.8 Å². The van der Waals surface area contributed by atoms with E-state index in [9.17, 15) is 13.2 Å². The lowest BCUT2D eigenvalue weighted by atomic mass is 9.93. The van der Waals surface area contributed by atoms with Crippen molar-refractivity contribution in [1.29, 1.82) is 0 Å². The molecule has 0 aliphatic carbocycles. The van der Waals surface area contributed by atoms with Gasteiger partial charge in [0.15, 0.2) is 5.78 Å². The van der Waals surface area contributed by atoms with Gasteiger partial charge < -0.3 is 9.47 Å². The lowest BCUT2D eigenvalue weighted by Crippen LogP contribution is -2.42. The first-order valence-corrected chi connectivity index (χ1v) is 13.1.